The van der Waals surface area contributed by atoms with Crippen molar-refractivity contribution in [3.63, 3.8) is 0 Å². The minimum Gasteiger partial charge on any atom is -0.492 e. The Labute approximate surface area is 189 Å². The molecule has 4 rings (SSSR count). The van der Waals surface area contributed by atoms with Gasteiger partial charge in [-0.05, 0) is 68.1 Å². The summed E-state index contributed by atoms with van der Waals surface area (Å²) in [6.45, 7) is 2.51. The summed E-state index contributed by atoms with van der Waals surface area (Å²) in [5.41, 5.74) is 0.918. The monoisotopic (exact) mass is 446 g/mol. The highest BCUT2D eigenvalue weighted by Gasteiger charge is 2.39. The maximum absolute atomic E-state index is 13.4. The molecule has 1 saturated heterocycles. The van der Waals surface area contributed by atoms with Crippen molar-refractivity contribution < 1.29 is 9.53 Å². The van der Waals surface area contributed by atoms with Gasteiger partial charge in [-0.2, -0.15) is 0 Å². The molecule has 3 aliphatic rings. The first-order valence-corrected chi connectivity index (χ1v) is 12.6. The number of carbonyl (C=O) groups excluding carboxylic acids is 1. The summed E-state index contributed by atoms with van der Waals surface area (Å²) in [6, 6.07) is 6.35. The molecule has 0 bridgehead atoms. The van der Waals surface area contributed by atoms with Gasteiger partial charge in [-0.15, -0.1) is 0 Å². The van der Waals surface area contributed by atoms with Crippen molar-refractivity contribution in [1.82, 2.24) is 4.90 Å². The van der Waals surface area contributed by atoms with Gasteiger partial charge in [-0.1, -0.05) is 56.2 Å². The van der Waals surface area contributed by atoms with Gasteiger partial charge < -0.3 is 4.74 Å². The first-order valence-electron chi connectivity index (χ1n) is 11.4. The molecule has 6 heteroatoms. The number of hydrogen-bond acceptors (Lipinski definition) is 4. The van der Waals surface area contributed by atoms with Crippen molar-refractivity contribution in [1.29, 1.82) is 0 Å². The maximum atomic E-state index is 13.4. The highest BCUT2D eigenvalue weighted by molar-refractivity contribution is 8.18. The summed E-state index contributed by atoms with van der Waals surface area (Å²) < 4.78 is 5.53. The first kappa shape index (κ1) is 21.8. The van der Waals surface area contributed by atoms with E-state index in [1.165, 1.54) is 38.5 Å². The standard InChI is InChI=1S/C24H31ClN2O2S/c1-2-29-21-14-13-17(15-20(21)25)16-22-23(28)27(19-11-7-4-8-12-19)24(30-22)26-18-9-5-3-6-10-18/h13-16,18-19H,2-12H2,1H3/b22-16-,26-24?. The summed E-state index contributed by atoms with van der Waals surface area (Å²) in [4.78, 5) is 21.3. The van der Waals surface area contributed by atoms with E-state index in [-0.39, 0.29) is 11.9 Å². The quantitative estimate of drug-likeness (QED) is 0.474. The second kappa shape index (κ2) is 10.2. The third-order valence-electron chi connectivity index (χ3n) is 6.20. The fourth-order valence-corrected chi connectivity index (χ4v) is 5.99. The second-order valence-corrected chi connectivity index (χ2v) is 9.82. The van der Waals surface area contributed by atoms with Crippen LogP contribution in [0.5, 0.6) is 5.75 Å². The highest BCUT2D eigenvalue weighted by Crippen LogP contribution is 2.39. The Morgan fingerprint density at radius 1 is 1.13 bits per heavy atom. The molecule has 0 atom stereocenters. The summed E-state index contributed by atoms with van der Waals surface area (Å²) in [7, 11) is 0. The molecule has 1 aromatic carbocycles. The van der Waals surface area contributed by atoms with Gasteiger partial charge in [0, 0.05) is 6.04 Å². The Morgan fingerprint density at radius 3 is 2.50 bits per heavy atom. The summed E-state index contributed by atoms with van der Waals surface area (Å²) in [5.74, 6) is 0.779. The van der Waals surface area contributed by atoms with Crippen molar-refractivity contribution >= 4 is 40.5 Å². The lowest BCUT2D eigenvalue weighted by atomic mass is 9.94. The van der Waals surface area contributed by atoms with Gasteiger partial charge in [-0.3, -0.25) is 14.7 Å². The lowest BCUT2D eigenvalue weighted by molar-refractivity contribution is -0.124. The lowest BCUT2D eigenvalue weighted by Crippen LogP contribution is -2.41. The van der Waals surface area contributed by atoms with Crippen LogP contribution in [0.4, 0.5) is 0 Å². The Balaban J connectivity index is 1.60. The second-order valence-electron chi connectivity index (χ2n) is 8.40. The average Bonchev–Trinajstić information content (AvgIpc) is 3.06. The number of aliphatic imine (C=N–C) groups is 1. The van der Waals surface area contributed by atoms with Crippen LogP contribution in [0.15, 0.2) is 28.1 Å². The van der Waals surface area contributed by atoms with E-state index in [2.05, 4.69) is 0 Å². The van der Waals surface area contributed by atoms with E-state index in [9.17, 15) is 4.79 Å². The smallest absolute Gasteiger partial charge is 0.266 e. The zero-order valence-corrected chi connectivity index (χ0v) is 19.3. The van der Waals surface area contributed by atoms with Crippen molar-refractivity contribution in [2.45, 2.75) is 83.2 Å². The minimum absolute atomic E-state index is 0.103. The van der Waals surface area contributed by atoms with E-state index in [1.807, 2.05) is 36.1 Å². The number of halogens is 1. The fraction of sp³-hybridized carbons (Fsp3) is 0.583. The molecule has 162 valence electrons. The van der Waals surface area contributed by atoms with Crippen LogP contribution in [0.3, 0.4) is 0 Å². The molecule has 2 saturated carbocycles. The topological polar surface area (TPSA) is 41.9 Å². The fourth-order valence-electron chi connectivity index (χ4n) is 4.63. The van der Waals surface area contributed by atoms with Crippen molar-refractivity contribution in [3.05, 3.63) is 33.7 Å². The summed E-state index contributed by atoms with van der Waals surface area (Å²) >= 11 is 7.90. The molecule has 30 heavy (non-hydrogen) atoms. The molecule has 0 spiro atoms. The van der Waals surface area contributed by atoms with Gasteiger partial charge in [0.2, 0.25) is 0 Å². The first-order chi connectivity index (χ1) is 14.7. The van der Waals surface area contributed by atoms with E-state index in [0.29, 0.717) is 23.4 Å². The maximum Gasteiger partial charge on any atom is 0.266 e. The lowest BCUT2D eigenvalue weighted by Gasteiger charge is -2.31. The van der Waals surface area contributed by atoms with E-state index in [1.54, 1.807) is 11.8 Å². The van der Waals surface area contributed by atoms with Crippen LogP contribution < -0.4 is 4.74 Å². The number of benzene rings is 1. The molecule has 1 amide bonds. The molecular formula is C24H31ClN2O2S. The number of nitrogens with zero attached hydrogens (tertiary/aromatic N) is 2. The van der Waals surface area contributed by atoms with Gasteiger partial charge in [0.15, 0.2) is 5.17 Å². The third kappa shape index (κ3) is 5.05. The number of rotatable bonds is 5. The minimum atomic E-state index is 0.103. The summed E-state index contributed by atoms with van der Waals surface area (Å²) in [6.07, 6.45) is 13.9. The van der Waals surface area contributed by atoms with E-state index in [0.717, 1.165) is 41.3 Å². The van der Waals surface area contributed by atoms with Crippen LogP contribution in [0.25, 0.3) is 6.08 Å². The van der Waals surface area contributed by atoms with Gasteiger partial charge in [-0.25, -0.2) is 0 Å². The number of thioether (sulfide) groups is 1. The highest BCUT2D eigenvalue weighted by atomic mass is 35.5. The molecular weight excluding hydrogens is 416 g/mol. The Bertz CT molecular complexity index is 826. The summed E-state index contributed by atoms with van der Waals surface area (Å²) in [5, 5.41) is 1.49. The molecule has 1 aliphatic heterocycles. The van der Waals surface area contributed by atoms with Crippen LogP contribution in [-0.2, 0) is 4.79 Å². The SMILES string of the molecule is CCOc1ccc(/C=C2\SC(=NC3CCCCC3)N(C3CCCCC3)C2=O)cc1Cl. The van der Waals surface area contributed by atoms with Gasteiger partial charge in [0.05, 0.1) is 22.6 Å². The largest absolute Gasteiger partial charge is 0.492 e. The predicted molar refractivity (Wildman–Crippen MR) is 126 cm³/mol. The molecule has 0 unspecified atom stereocenters. The molecule has 3 fully saturated rings. The zero-order valence-electron chi connectivity index (χ0n) is 17.7. The average molecular weight is 447 g/mol. The van der Waals surface area contributed by atoms with Crippen molar-refractivity contribution in [2.75, 3.05) is 6.61 Å². The number of hydrogen-bond donors (Lipinski definition) is 0. The molecule has 1 heterocycles. The van der Waals surface area contributed by atoms with Crippen LogP contribution in [0, 0.1) is 0 Å². The van der Waals surface area contributed by atoms with Crippen LogP contribution in [0.2, 0.25) is 5.02 Å². The third-order valence-corrected chi connectivity index (χ3v) is 7.49. The van der Waals surface area contributed by atoms with E-state index >= 15 is 0 Å². The van der Waals surface area contributed by atoms with Gasteiger partial charge in [0.1, 0.15) is 5.75 Å². The molecule has 0 aromatic heterocycles. The van der Waals surface area contributed by atoms with Crippen LogP contribution in [-0.4, -0.2) is 34.7 Å². The number of carbonyl (C=O) groups is 1. The van der Waals surface area contributed by atoms with Crippen LogP contribution >= 0.6 is 23.4 Å². The number of amidine groups is 1. The Morgan fingerprint density at radius 2 is 1.83 bits per heavy atom. The van der Waals surface area contributed by atoms with Gasteiger partial charge in [0.25, 0.3) is 5.91 Å². The number of ether oxygens (including phenoxy) is 1. The molecule has 2 aliphatic carbocycles. The Kier molecular flexibility index (Phi) is 7.42. The van der Waals surface area contributed by atoms with Crippen molar-refractivity contribution in [3.8, 4) is 5.75 Å². The molecule has 0 radical (unpaired) electrons. The van der Waals surface area contributed by atoms with Crippen LogP contribution in [0.1, 0.15) is 76.7 Å². The predicted octanol–water partition coefficient (Wildman–Crippen LogP) is 6.68. The molecule has 1 aromatic rings. The zero-order chi connectivity index (χ0) is 20.9. The van der Waals surface area contributed by atoms with Crippen molar-refractivity contribution in [2.24, 2.45) is 4.99 Å². The Hall–Kier alpha value is -1.46. The molecule has 4 nitrogen and oxygen atoms in total. The van der Waals surface area contributed by atoms with E-state index < -0.39 is 0 Å². The normalized spacial score (nSPS) is 24.2. The number of amides is 1. The van der Waals surface area contributed by atoms with E-state index in [4.69, 9.17) is 21.3 Å². The van der Waals surface area contributed by atoms with Gasteiger partial charge >= 0.3 is 0 Å². The molecule has 0 N–H and O–H groups in total.